The number of hydrazine groups is 1. The monoisotopic (exact) mass is 280 g/mol. The van der Waals surface area contributed by atoms with Crippen molar-refractivity contribution in [2.45, 2.75) is 13.3 Å². The summed E-state index contributed by atoms with van der Waals surface area (Å²) >= 11 is 0. The Morgan fingerprint density at radius 3 is 2.05 bits per heavy atom. The molecule has 0 spiro atoms. The van der Waals surface area contributed by atoms with E-state index < -0.39 is 0 Å². The number of carbonyl (C=O) groups excluding carboxylic acids is 1. The minimum Gasteiger partial charge on any atom is -0.493 e. The molecule has 0 aromatic heterocycles. The average Bonchev–Trinajstić information content (AvgIpc) is 2.50. The summed E-state index contributed by atoms with van der Waals surface area (Å²) in [6, 6.07) is 3.15. The zero-order chi connectivity index (χ0) is 15.1. The van der Waals surface area contributed by atoms with E-state index in [1.54, 1.807) is 12.1 Å². The Hall–Kier alpha value is -2.37. The molecule has 0 saturated heterocycles. The molecule has 0 heterocycles. The number of hydrogen-bond donors (Lipinski definition) is 2. The van der Waals surface area contributed by atoms with E-state index in [4.69, 9.17) is 14.2 Å². The summed E-state index contributed by atoms with van der Waals surface area (Å²) in [5.41, 5.74) is 6.38. The SMILES string of the molecule is C=C(CC)NNC(=O)c1cc(OC)c(OC)c(OC)c1. The lowest BCUT2D eigenvalue weighted by Crippen LogP contribution is -2.36. The van der Waals surface area contributed by atoms with Gasteiger partial charge in [0.05, 0.1) is 21.3 Å². The highest BCUT2D eigenvalue weighted by Gasteiger charge is 2.16. The smallest absolute Gasteiger partial charge is 0.269 e. The molecule has 1 amide bonds. The van der Waals surface area contributed by atoms with E-state index in [1.807, 2.05) is 6.92 Å². The van der Waals surface area contributed by atoms with Crippen LogP contribution >= 0.6 is 0 Å². The summed E-state index contributed by atoms with van der Waals surface area (Å²) in [6.07, 6.45) is 0.718. The van der Waals surface area contributed by atoms with E-state index in [2.05, 4.69) is 17.4 Å². The molecule has 0 aliphatic heterocycles. The molecule has 2 N–H and O–H groups in total. The largest absolute Gasteiger partial charge is 0.493 e. The molecule has 0 bridgehead atoms. The average molecular weight is 280 g/mol. The van der Waals surface area contributed by atoms with Gasteiger partial charge in [0.25, 0.3) is 5.91 Å². The molecule has 6 heteroatoms. The first-order valence-corrected chi connectivity index (χ1v) is 6.11. The number of amides is 1. The molecule has 0 unspecified atom stereocenters. The van der Waals surface area contributed by atoms with Gasteiger partial charge in [-0.25, -0.2) is 0 Å². The Labute approximate surface area is 118 Å². The standard InChI is InChI=1S/C14H20N2O4/c1-6-9(2)15-16-14(17)10-7-11(18-3)13(20-5)12(8-10)19-4/h7-8,15H,2,6H2,1,3-5H3,(H,16,17). The molecule has 6 nitrogen and oxygen atoms in total. The number of benzene rings is 1. The number of hydrogen-bond acceptors (Lipinski definition) is 5. The highest BCUT2D eigenvalue weighted by atomic mass is 16.5. The number of nitrogens with one attached hydrogen (secondary N) is 2. The van der Waals surface area contributed by atoms with Crippen molar-refractivity contribution in [1.29, 1.82) is 0 Å². The van der Waals surface area contributed by atoms with Crippen molar-refractivity contribution in [2.75, 3.05) is 21.3 Å². The Morgan fingerprint density at radius 2 is 1.65 bits per heavy atom. The van der Waals surface area contributed by atoms with Crippen molar-refractivity contribution in [3.8, 4) is 17.2 Å². The van der Waals surface area contributed by atoms with Crippen molar-refractivity contribution < 1.29 is 19.0 Å². The van der Waals surface area contributed by atoms with Gasteiger partial charge in [0.15, 0.2) is 11.5 Å². The van der Waals surface area contributed by atoms with Crippen LogP contribution in [0.4, 0.5) is 0 Å². The maximum Gasteiger partial charge on any atom is 0.269 e. The first-order valence-electron chi connectivity index (χ1n) is 6.11. The van der Waals surface area contributed by atoms with Crippen LogP contribution in [0.1, 0.15) is 23.7 Å². The number of carbonyl (C=O) groups is 1. The second-order valence-electron chi connectivity index (χ2n) is 3.95. The quantitative estimate of drug-likeness (QED) is 0.746. The van der Waals surface area contributed by atoms with Gasteiger partial charge in [0.1, 0.15) is 0 Å². The fourth-order valence-electron chi connectivity index (χ4n) is 1.52. The Balaban J connectivity index is 3.00. The van der Waals surface area contributed by atoms with E-state index in [9.17, 15) is 4.79 Å². The van der Waals surface area contributed by atoms with Crippen LogP contribution in [-0.2, 0) is 0 Å². The van der Waals surface area contributed by atoms with Gasteiger partial charge < -0.3 is 19.6 Å². The third-order valence-electron chi connectivity index (χ3n) is 2.71. The first kappa shape index (κ1) is 15.7. The van der Waals surface area contributed by atoms with Crippen LogP contribution in [0.5, 0.6) is 17.2 Å². The molecular weight excluding hydrogens is 260 g/mol. The maximum absolute atomic E-state index is 12.0. The second-order valence-corrected chi connectivity index (χ2v) is 3.95. The lowest BCUT2D eigenvalue weighted by Gasteiger charge is -2.14. The highest BCUT2D eigenvalue weighted by Crippen LogP contribution is 2.38. The van der Waals surface area contributed by atoms with Crippen LogP contribution in [-0.4, -0.2) is 27.2 Å². The molecule has 0 atom stereocenters. The Kier molecular flexibility index (Phi) is 5.71. The minimum absolute atomic E-state index is 0.321. The van der Waals surface area contributed by atoms with E-state index in [0.29, 0.717) is 28.5 Å². The number of rotatable bonds is 7. The van der Waals surface area contributed by atoms with Gasteiger partial charge in [0, 0.05) is 11.3 Å². The molecular formula is C14H20N2O4. The lowest BCUT2D eigenvalue weighted by atomic mass is 10.1. The minimum atomic E-state index is -0.321. The summed E-state index contributed by atoms with van der Waals surface area (Å²) in [4.78, 5) is 12.0. The van der Waals surface area contributed by atoms with E-state index in [-0.39, 0.29) is 5.91 Å². The van der Waals surface area contributed by atoms with Crippen molar-refractivity contribution in [2.24, 2.45) is 0 Å². The molecule has 0 fully saturated rings. The van der Waals surface area contributed by atoms with Crippen molar-refractivity contribution >= 4 is 5.91 Å². The molecule has 0 radical (unpaired) electrons. The molecule has 1 aromatic rings. The normalized spacial score (nSPS) is 9.60. The fraction of sp³-hybridized carbons (Fsp3) is 0.357. The van der Waals surface area contributed by atoms with Gasteiger partial charge in [0.2, 0.25) is 5.75 Å². The summed E-state index contributed by atoms with van der Waals surface area (Å²) in [7, 11) is 4.50. The van der Waals surface area contributed by atoms with Crippen LogP contribution in [0, 0.1) is 0 Å². The molecule has 0 saturated carbocycles. The van der Waals surface area contributed by atoms with E-state index in [0.717, 1.165) is 6.42 Å². The second kappa shape index (κ2) is 7.28. The molecule has 1 rings (SSSR count). The summed E-state index contributed by atoms with van der Waals surface area (Å²) in [5, 5.41) is 0. The molecule has 0 aliphatic carbocycles. The van der Waals surface area contributed by atoms with E-state index >= 15 is 0 Å². The molecule has 110 valence electrons. The van der Waals surface area contributed by atoms with Crippen molar-refractivity contribution in [3.63, 3.8) is 0 Å². The van der Waals surface area contributed by atoms with Crippen LogP contribution in [0.3, 0.4) is 0 Å². The summed E-state index contributed by atoms with van der Waals surface area (Å²) < 4.78 is 15.6. The van der Waals surface area contributed by atoms with E-state index in [1.165, 1.54) is 21.3 Å². The van der Waals surface area contributed by atoms with Gasteiger partial charge in [-0.2, -0.15) is 0 Å². The molecule has 1 aromatic carbocycles. The van der Waals surface area contributed by atoms with Gasteiger partial charge in [-0.15, -0.1) is 0 Å². The number of allylic oxidation sites excluding steroid dienone is 1. The molecule has 20 heavy (non-hydrogen) atoms. The molecule has 0 aliphatic rings. The van der Waals surface area contributed by atoms with Gasteiger partial charge in [-0.05, 0) is 18.6 Å². The predicted molar refractivity (Wildman–Crippen MR) is 76.1 cm³/mol. The van der Waals surface area contributed by atoms with Crippen LogP contribution in [0.25, 0.3) is 0 Å². The highest BCUT2D eigenvalue weighted by molar-refractivity contribution is 5.95. The Morgan fingerprint density at radius 1 is 1.10 bits per heavy atom. The zero-order valence-electron chi connectivity index (χ0n) is 12.2. The third kappa shape index (κ3) is 3.57. The number of methoxy groups -OCH3 is 3. The van der Waals surface area contributed by atoms with Gasteiger partial charge in [-0.3, -0.25) is 10.2 Å². The van der Waals surface area contributed by atoms with Crippen molar-refractivity contribution in [1.82, 2.24) is 10.9 Å². The topological polar surface area (TPSA) is 68.8 Å². The summed E-state index contributed by atoms with van der Waals surface area (Å²) in [6.45, 7) is 5.67. The van der Waals surface area contributed by atoms with Crippen LogP contribution in [0.15, 0.2) is 24.4 Å². The predicted octanol–water partition coefficient (Wildman–Crippen LogP) is 1.87. The number of ether oxygens (including phenoxy) is 3. The maximum atomic E-state index is 12.0. The van der Waals surface area contributed by atoms with Crippen molar-refractivity contribution in [3.05, 3.63) is 30.0 Å². The lowest BCUT2D eigenvalue weighted by molar-refractivity contribution is 0.0937. The Bertz CT molecular complexity index is 475. The third-order valence-corrected chi connectivity index (χ3v) is 2.71. The summed E-state index contributed by atoms with van der Waals surface area (Å²) in [5.74, 6) is 0.967. The zero-order valence-corrected chi connectivity index (χ0v) is 12.2. The van der Waals surface area contributed by atoms with Crippen LogP contribution < -0.4 is 25.1 Å². The fourth-order valence-corrected chi connectivity index (χ4v) is 1.52. The first-order chi connectivity index (χ1) is 9.57. The van der Waals surface area contributed by atoms with Gasteiger partial charge in [-0.1, -0.05) is 13.5 Å². The van der Waals surface area contributed by atoms with Crippen LogP contribution in [0.2, 0.25) is 0 Å². The van der Waals surface area contributed by atoms with Gasteiger partial charge >= 0.3 is 0 Å².